The standard InChI is InChI=1S/C36H36F4N6O6.2Na/c37-23-9-19-29(27(39)31(23)45-11-17-3-1-5-41-25(17)15-45)43(13-21(33(19)47)35(49)50)7-8-44-14-22(36(51)52)34(48)20-10-24(38)32(28(40)30(20)44)46-12-18-4-2-6-42-26(18)16-46;;/h9-10,13-14,17-18,25-26,41-42H,1-8,11-12,15-16H2,(H,49,50)(H,51,52);;/q;2*+1/p-2. The Labute approximate surface area is 350 Å². The third-order valence-corrected chi connectivity index (χ3v) is 11.3. The minimum atomic E-state index is -1.90. The van der Waals surface area contributed by atoms with Crippen LogP contribution < -0.4 is 101 Å². The van der Waals surface area contributed by atoms with E-state index in [1.807, 2.05) is 0 Å². The number of aryl methyl sites for hydroxylation is 2. The van der Waals surface area contributed by atoms with E-state index in [1.165, 1.54) is 0 Å². The topological polar surface area (TPSA) is 155 Å². The van der Waals surface area contributed by atoms with E-state index in [0.717, 1.165) is 72.4 Å². The van der Waals surface area contributed by atoms with Crippen LogP contribution in [0.4, 0.5) is 28.9 Å². The number of carboxylic acids is 2. The van der Waals surface area contributed by atoms with Gasteiger partial charge in [0.2, 0.25) is 0 Å². The number of carboxylic acid groups (broad SMARTS) is 2. The summed E-state index contributed by atoms with van der Waals surface area (Å²) in [7, 11) is 0. The maximum absolute atomic E-state index is 16.6. The molecular weight excluding hydrogens is 734 g/mol. The van der Waals surface area contributed by atoms with Gasteiger partial charge in [-0.1, -0.05) is 0 Å². The molecule has 12 nitrogen and oxygen atoms in total. The van der Waals surface area contributed by atoms with Crippen molar-refractivity contribution in [3.8, 4) is 0 Å². The molecule has 0 bridgehead atoms. The van der Waals surface area contributed by atoms with Crippen LogP contribution in [0.15, 0.2) is 34.1 Å². The molecule has 4 aliphatic rings. The van der Waals surface area contributed by atoms with Crippen molar-refractivity contribution >= 4 is 45.1 Å². The number of carbonyl (C=O) groups excluding carboxylic acids is 2. The molecule has 4 saturated heterocycles. The number of aromatic carboxylic acids is 2. The summed E-state index contributed by atoms with van der Waals surface area (Å²) >= 11 is 0. The van der Waals surface area contributed by atoms with Gasteiger partial charge in [0, 0.05) is 63.7 Å². The molecular formula is C36H34F4N6Na2O6. The number of piperidine rings is 2. The first-order valence-corrected chi connectivity index (χ1v) is 17.4. The summed E-state index contributed by atoms with van der Waals surface area (Å²) in [5.74, 6) is -7.86. The van der Waals surface area contributed by atoms with Gasteiger partial charge in [0.15, 0.2) is 22.5 Å². The molecule has 4 aliphatic heterocycles. The van der Waals surface area contributed by atoms with Gasteiger partial charge >= 0.3 is 59.1 Å². The van der Waals surface area contributed by atoms with Gasteiger partial charge in [-0.15, -0.1) is 0 Å². The molecule has 54 heavy (non-hydrogen) atoms. The minimum absolute atomic E-state index is 0. The van der Waals surface area contributed by atoms with Gasteiger partial charge in [0.1, 0.15) is 23.0 Å². The zero-order chi connectivity index (χ0) is 36.6. The molecule has 0 radical (unpaired) electrons. The SMILES string of the molecule is O=C([O-])c1cn(CCn2cc(C(=O)[O-])c(=O)c3cc(F)c(N4CC5CCCNC5C4)c(F)c32)c2c(F)c(N3CC4CCCNC4C3)c(F)cc2c1=O.[Na+].[Na+]. The molecule has 0 saturated carbocycles. The van der Waals surface area contributed by atoms with Gasteiger partial charge in [-0.25, -0.2) is 17.6 Å². The first-order chi connectivity index (χ1) is 24.9. The van der Waals surface area contributed by atoms with E-state index < -0.39 is 103 Å². The molecule has 274 valence electrons. The zero-order valence-corrected chi connectivity index (χ0v) is 33.9. The first kappa shape index (κ1) is 40.7. The van der Waals surface area contributed by atoms with Gasteiger partial charge in [-0.2, -0.15) is 0 Å². The van der Waals surface area contributed by atoms with E-state index in [-0.39, 0.29) is 83.0 Å². The average Bonchev–Trinajstić information content (AvgIpc) is 3.73. The average molecular weight is 769 g/mol. The molecule has 4 fully saturated rings. The number of halogens is 4. The summed E-state index contributed by atoms with van der Waals surface area (Å²) < 4.78 is 66.7. The van der Waals surface area contributed by atoms with Crippen LogP contribution in [-0.4, -0.2) is 72.4 Å². The molecule has 4 aromatic rings. The second kappa shape index (κ2) is 15.9. The summed E-state index contributed by atoms with van der Waals surface area (Å²) in [6.45, 7) is 1.98. The smallest absolute Gasteiger partial charge is 0.545 e. The molecule has 4 unspecified atom stereocenters. The normalized spacial score (nSPS) is 22.1. The molecule has 18 heteroatoms. The van der Waals surface area contributed by atoms with E-state index in [1.54, 1.807) is 9.80 Å². The van der Waals surface area contributed by atoms with E-state index in [9.17, 15) is 29.4 Å². The minimum Gasteiger partial charge on any atom is -0.545 e. The van der Waals surface area contributed by atoms with Gasteiger partial charge < -0.3 is 49.4 Å². The van der Waals surface area contributed by atoms with Gasteiger partial charge in [-0.3, -0.25) is 9.59 Å². The number of benzene rings is 2. The fourth-order valence-corrected chi connectivity index (χ4v) is 8.85. The van der Waals surface area contributed by atoms with Crippen molar-refractivity contribution in [1.82, 2.24) is 19.8 Å². The third kappa shape index (κ3) is 6.90. The van der Waals surface area contributed by atoms with Crippen LogP contribution in [-0.2, 0) is 13.1 Å². The number of nitrogens with zero attached hydrogens (tertiary/aromatic N) is 4. The van der Waals surface area contributed by atoms with Crippen molar-refractivity contribution in [2.45, 2.75) is 50.9 Å². The van der Waals surface area contributed by atoms with E-state index in [2.05, 4.69) is 10.6 Å². The monoisotopic (exact) mass is 768 g/mol. The number of carbonyl (C=O) groups is 2. The number of hydrogen-bond donors (Lipinski definition) is 2. The summed E-state index contributed by atoms with van der Waals surface area (Å²) in [4.78, 5) is 53.5. The van der Waals surface area contributed by atoms with Gasteiger partial charge in [0.25, 0.3) is 0 Å². The van der Waals surface area contributed by atoms with Crippen LogP contribution in [0, 0.1) is 35.1 Å². The van der Waals surface area contributed by atoms with E-state index in [0.29, 0.717) is 26.2 Å². The maximum Gasteiger partial charge on any atom is 1.00 e. The Bertz CT molecular complexity index is 2120. The van der Waals surface area contributed by atoms with Gasteiger partial charge in [-0.05, 0) is 62.7 Å². The van der Waals surface area contributed by atoms with Crippen molar-refractivity contribution in [2.75, 3.05) is 49.1 Å². The van der Waals surface area contributed by atoms with Crippen molar-refractivity contribution in [2.24, 2.45) is 11.8 Å². The Morgan fingerprint density at radius 2 is 1.06 bits per heavy atom. The Morgan fingerprint density at radius 3 is 1.41 bits per heavy atom. The maximum atomic E-state index is 16.6. The molecule has 6 heterocycles. The molecule has 4 atom stereocenters. The van der Waals surface area contributed by atoms with Crippen molar-refractivity contribution in [3.63, 3.8) is 0 Å². The van der Waals surface area contributed by atoms with Crippen LogP contribution in [0.2, 0.25) is 0 Å². The van der Waals surface area contributed by atoms with Crippen LogP contribution in [0.1, 0.15) is 46.4 Å². The van der Waals surface area contributed by atoms with Crippen LogP contribution in [0.3, 0.4) is 0 Å². The quantitative estimate of drug-likeness (QED) is 0.138. The third-order valence-electron chi connectivity index (χ3n) is 11.3. The number of rotatable bonds is 7. The van der Waals surface area contributed by atoms with Gasteiger partial charge in [0.05, 0.1) is 44.9 Å². The second-order valence-electron chi connectivity index (χ2n) is 14.3. The van der Waals surface area contributed by atoms with Crippen LogP contribution in [0.25, 0.3) is 21.8 Å². The first-order valence-electron chi connectivity index (χ1n) is 17.4. The number of pyridine rings is 2. The summed E-state index contributed by atoms with van der Waals surface area (Å²) in [5.41, 5.74) is -5.78. The Kier molecular flexibility index (Phi) is 12.0. The summed E-state index contributed by atoms with van der Waals surface area (Å²) in [6, 6.07) is 1.58. The van der Waals surface area contributed by atoms with Crippen molar-refractivity contribution in [1.29, 1.82) is 0 Å². The Morgan fingerprint density at radius 1 is 0.667 bits per heavy atom. The van der Waals surface area contributed by atoms with Crippen molar-refractivity contribution in [3.05, 3.63) is 79.4 Å². The molecule has 0 spiro atoms. The predicted molar refractivity (Wildman–Crippen MR) is 178 cm³/mol. The van der Waals surface area contributed by atoms with Crippen molar-refractivity contribution < 1.29 is 96.5 Å². The predicted octanol–water partition coefficient (Wildman–Crippen LogP) is -5.32. The largest absolute Gasteiger partial charge is 1.00 e. The number of nitrogens with one attached hydrogen (secondary N) is 2. The van der Waals surface area contributed by atoms with Crippen LogP contribution >= 0.6 is 0 Å². The number of anilines is 2. The fraction of sp³-hybridized carbons (Fsp3) is 0.444. The molecule has 0 amide bonds. The number of fused-ring (bicyclic) bond motifs is 4. The summed E-state index contributed by atoms with van der Waals surface area (Å²) in [5, 5.41) is 29.6. The molecule has 0 aliphatic carbocycles. The Hall–Kier alpha value is -2.96. The number of aromatic nitrogens is 2. The molecule has 2 N–H and O–H groups in total. The van der Waals surface area contributed by atoms with E-state index in [4.69, 9.17) is 0 Å². The molecule has 2 aromatic heterocycles. The van der Waals surface area contributed by atoms with Crippen LogP contribution in [0.5, 0.6) is 0 Å². The molecule has 8 rings (SSSR count). The Balaban J connectivity index is 0.00000249. The molecule has 2 aromatic carbocycles. The fourth-order valence-electron chi connectivity index (χ4n) is 8.85. The zero-order valence-electron chi connectivity index (χ0n) is 29.9. The number of hydrogen-bond acceptors (Lipinski definition) is 10. The summed E-state index contributed by atoms with van der Waals surface area (Å²) in [6.07, 6.45) is 5.22. The van der Waals surface area contributed by atoms with E-state index >= 15 is 17.6 Å². The second-order valence-corrected chi connectivity index (χ2v) is 14.3.